The van der Waals surface area contributed by atoms with Gasteiger partial charge in [0.1, 0.15) is 17.4 Å². The second-order valence-corrected chi connectivity index (χ2v) is 12.6. The fourth-order valence-electron chi connectivity index (χ4n) is 4.09. The fraction of sp³-hybridized carbons (Fsp3) is 0.647. The third-order valence-corrected chi connectivity index (χ3v) is 9.24. The number of anilines is 1. The van der Waals surface area contributed by atoms with Crippen molar-refractivity contribution in [2.75, 3.05) is 17.8 Å². The van der Waals surface area contributed by atoms with E-state index in [-0.39, 0.29) is 16.8 Å². The number of hydrogen-bond acceptors (Lipinski definition) is 8. The minimum absolute atomic E-state index is 0.150. The Morgan fingerprint density at radius 2 is 2.00 bits per heavy atom. The lowest BCUT2D eigenvalue weighted by molar-refractivity contribution is -0.0472. The maximum Gasteiger partial charge on any atom is 0.340 e. The van der Waals surface area contributed by atoms with E-state index in [1.165, 1.54) is 6.20 Å². The van der Waals surface area contributed by atoms with Crippen LogP contribution in [-0.2, 0) is 18.4 Å². The van der Waals surface area contributed by atoms with Crippen molar-refractivity contribution in [1.29, 1.82) is 0 Å². The van der Waals surface area contributed by atoms with Crippen LogP contribution in [0, 0.1) is 0 Å². The summed E-state index contributed by atoms with van der Waals surface area (Å²) >= 11 is 6.17. The highest BCUT2D eigenvalue weighted by Crippen LogP contribution is 2.55. The van der Waals surface area contributed by atoms with Gasteiger partial charge in [0.2, 0.25) is 0 Å². The Bertz CT molecular complexity index is 1110. The van der Waals surface area contributed by atoms with Gasteiger partial charge in [-0.1, -0.05) is 24.4 Å². The first-order valence-electron chi connectivity index (χ1n) is 10.2. The summed E-state index contributed by atoms with van der Waals surface area (Å²) in [5, 5.41) is 18.5. The van der Waals surface area contributed by atoms with Crippen molar-refractivity contribution in [2.24, 2.45) is 0 Å². The van der Waals surface area contributed by atoms with Crippen molar-refractivity contribution in [3.05, 3.63) is 17.4 Å². The van der Waals surface area contributed by atoms with Gasteiger partial charge < -0.3 is 34.4 Å². The topological polar surface area (TPSA) is 176 Å². The zero-order chi connectivity index (χ0) is 24.0. The lowest BCUT2D eigenvalue weighted by Gasteiger charge is -2.18. The molecule has 2 fully saturated rings. The van der Waals surface area contributed by atoms with E-state index in [2.05, 4.69) is 19.9 Å². The fourth-order valence-corrected chi connectivity index (χ4v) is 6.84. The zero-order valence-corrected chi connectivity index (χ0v) is 19.7. The number of hydrogen-bond donors (Lipinski definition) is 5. The summed E-state index contributed by atoms with van der Waals surface area (Å²) in [6.07, 6.45) is -0.828. The van der Waals surface area contributed by atoms with E-state index in [1.807, 2.05) is 0 Å². The molecule has 12 nitrogen and oxygen atoms in total. The summed E-state index contributed by atoms with van der Waals surface area (Å²) in [4.78, 5) is 31.5. The highest BCUT2D eigenvalue weighted by atomic mass is 35.5. The molecule has 184 valence electrons. The van der Waals surface area contributed by atoms with Crippen LogP contribution in [0.25, 0.3) is 11.0 Å². The second kappa shape index (κ2) is 9.49. The second-order valence-electron chi connectivity index (χ2n) is 8.18. The number of nitrogens with zero attached hydrogens (tertiary/aromatic N) is 3. The minimum Gasteiger partial charge on any atom is -0.387 e. The maximum absolute atomic E-state index is 14.9. The van der Waals surface area contributed by atoms with Crippen LogP contribution in [0.15, 0.2) is 12.3 Å². The van der Waals surface area contributed by atoms with Gasteiger partial charge in [-0.25, -0.2) is 14.1 Å². The Morgan fingerprint density at radius 1 is 1.30 bits per heavy atom. The van der Waals surface area contributed by atoms with Gasteiger partial charge in [-0.3, -0.25) is 9.13 Å². The predicted octanol–water partition coefficient (Wildman–Crippen LogP) is 2.37. The molecule has 0 bridgehead atoms. The molecule has 0 aromatic carbocycles. The van der Waals surface area contributed by atoms with E-state index in [0.29, 0.717) is 11.1 Å². The number of alkyl halides is 1. The third kappa shape index (κ3) is 5.75. The SMILES string of the molecule is O=P(O)(O)CP(=O)(O)OC[C@H]1O[C@@H](n2ncc3c(NC4CCCC4)cc(Cl)nc32)[C@@H](F)[C@@H]1O. The molecule has 2 aliphatic rings. The molecule has 16 heteroatoms. The van der Waals surface area contributed by atoms with E-state index >= 15 is 0 Å². The Morgan fingerprint density at radius 3 is 2.67 bits per heavy atom. The van der Waals surface area contributed by atoms with Gasteiger partial charge >= 0.3 is 15.2 Å². The number of aliphatic hydroxyl groups excluding tert-OH is 1. The maximum atomic E-state index is 14.9. The number of fused-ring (bicyclic) bond motifs is 1. The van der Waals surface area contributed by atoms with E-state index in [9.17, 15) is 23.5 Å². The Balaban J connectivity index is 1.53. The number of aromatic nitrogens is 3. The molecule has 2 aromatic rings. The number of pyridine rings is 1. The van der Waals surface area contributed by atoms with Crippen molar-refractivity contribution < 1.29 is 42.6 Å². The highest BCUT2D eigenvalue weighted by molar-refractivity contribution is 7.70. The van der Waals surface area contributed by atoms with Crippen molar-refractivity contribution in [3.63, 3.8) is 0 Å². The van der Waals surface area contributed by atoms with Crippen LogP contribution in [0.2, 0.25) is 5.15 Å². The van der Waals surface area contributed by atoms with Crippen molar-refractivity contribution >= 4 is 43.5 Å². The van der Waals surface area contributed by atoms with Crippen molar-refractivity contribution in [3.8, 4) is 0 Å². The number of ether oxygens (including phenoxy) is 1. The quantitative estimate of drug-likeness (QED) is 0.251. The Hall–Kier alpha value is -1.14. The highest BCUT2D eigenvalue weighted by Gasteiger charge is 2.47. The molecule has 33 heavy (non-hydrogen) atoms. The molecule has 4 rings (SSSR count). The van der Waals surface area contributed by atoms with Gasteiger partial charge in [-0.15, -0.1) is 0 Å². The first-order valence-corrected chi connectivity index (χ1v) is 14.2. The van der Waals surface area contributed by atoms with Crippen LogP contribution in [0.5, 0.6) is 0 Å². The first-order chi connectivity index (χ1) is 15.4. The molecule has 2 aromatic heterocycles. The third-order valence-electron chi connectivity index (χ3n) is 5.59. The van der Waals surface area contributed by atoms with E-state index in [0.717, 1.165) is 30.4 Å². The van der Waals surface area contributed by atoms with Crippen LogP contribution < -0.4 is 5.32 Å². The van der Waals surface area contributed by atoms with Gasteiger partial charge in [-0.05, 0) is 18.9 Å². The van der Waals surface area contributed by atoms with Crippen LogP contribution in [0.1, 0.15) is 31.9 Å². The van der Waals surface area contributed by atoms with Gasteiger partial charge in [0.15, 0.2) is 23.9 Å². The van der Waals surface area contributed by atoms with Crippen LogP contribution >= 0.6 is 26.8 Å². The summed E-state index contributed by atoms with van der Waals surface area (Å²) in [5.41, 5.74) is 0.911. The average Bonchev–Trinajstić information content (AvgIpc) is 3.40. The number of halogens is 2. The number of rotatable bonds is 8. The number of aliphatic hydroxyl groups is 1. The lowest BCUT2D eigenvalue weighted by Crippen LogP contribution is -2.31. The van der Waals surface area contributed by atoms with Crippen molar-refractivity contribution in [2.45, 2.75) is 56.3 Å². The summed E-state index contributed by atoms with van der Waals surface area (Å²) in [7, 11) is -9.53. The van der Waals surface area contributed by atoms with E-state index < -0.39 is 52.3 Å². The van der Waals surface area contributed by atoms with Crippen LogP contribution in [-0.4, -0.2) is 71.5 Å². The molecular weight excluding hydrogens is 505 g/mol. The number of nitrogens with one attached hydrogen (secondary N) is 1. The molecule has 0 spiro atoms. The molecule has 0 amide bonds. The largest absolute Gasteiger partial charge is 0.387 e. The van der Waals surface area contributed by atoms with Crippen molar-refractivity contribution in [1.82, 2.24) is 14.8 Å². The van der Waals surface area contributed by atoms with E-state index in [4.69, 9.17) is 26.1 Å². The summed E-state index contributed by atoms with van der Waals surface area (Å²) in [6, 6.07) is 1.93. The minimum atomic E-state index is -4.83. The van der Waals surface area contributed by atoms with Gasteiger partial charge in [0, 0.05) is 6.04 Å². The Kier molecular flexibility index (Phi) is 7.18. The molecule has 0 radical (unpaired) electrons. The molecule has 1 aliphatic heterocycles. The van der Waals surface area contributed by atoms with Crippen LogP contribution in [0.4, 0.5) is 10.1 Å². The normalized spacial score (nSPS) is 28.4. The van der Waals surface area contributed by atoms with Gasteiger partial charge in [0.05, 0.1) is 23.9 Å². The lowest BCUT2D eigenvalue weighted by atomic mass is 10.1. The molecular formula is C17H24ClFN4O8P2. The molecule has 1 saturated carbocycles. The van der Waals surface area contributed by atoms with Gasteiger partial charge in [-0.2, -0.15) is 5.10 Å². The first kappa shape index (κ1) is 25.0. The zero-order valence-electron chi connectivity index (χ0n) is 17.2. The molecule has 1 aliphatic carbocycles. The predicted molar refractivity (Wildman–Crippen MR) is 116 cm³/mol. The summed E-state index contributed by atoms with van der Waals surface area (Å²) in [6.45, 7) is -0.770. The monoisotopic (exact) mass is 528 g/mol. The summed E-state index contributed by atoms with van der Waals surface area (Å²) in [5.74, 6) is -1.41. The van der Waals surface area contributed by atoms with E-state index in [1.54, 1.807) is 6.07 Å². The van der Waals surface area contributed by atoms with Gasteiger partial charge in [0.25, 0.3) is 0 Å². The standard InChI is InChI=1S/C17H24ClFN4O8P2/c18-13-5-11(21-9-3-1-2-4-9)10-6-20-23(16(10)22-13)17-14(19)15(24)12(31-17)7-30-33(28,29)8-32(25,26)27/h5-6,9,12,14-15,17,24H,1-4,7-8H2,(H,21,22)(H,28,29)(H2,25,26,27)/t12-,14+,15-,17-/m1/s1. The molecule has 3 heterocycles. The smallest absolute Gasteiger partial charge is 0.340 e. The Labute approximate surface area is 192 Å². The molecule has 5 atom stereocenters. The molecule has 1 saturated heterocycles. The molecule has 1 unspecified atom stereocenters. The average molecular weight is 529 g/mol. The molecule has 5 N–H and O–H groups in total. The van der Waals surface area contributed by atoms with Crippen LogP contribution in [0.3, 0.4) is 0 Å². The summed E-state index contributed by atoms with van der Waals surface area (Å²) < 4.78 is 49.0.